The zero-order valence-corrected chi connectivity index (χ0v) is 11.4. The van der Waals surface area contributed by atoms with Crippen molar-refractivity contribution in [2.75, 3.05) is 25.0 Å². The van der Waals surface area contributed by atoms with E-state index in [1.165, 1.54) is 0 Å². The number of fused-ring (bicyclic) bond motifs is 1. The van der Waals surface area contributed by atoms with Crippen LogP contribution in [0.15, 0.2) is 4.79 Å². The lowest BCUT2D eigenvalue weighted by molar-refractivity contribution is -0.120. The molecule has 2 heterocycles. The Hall–Kier alpha value is -1.89. The van der Waals surface area contributed by atoms with E-state index in [4.69, 9.17) is 5.11 Å². The van der Waals surface area contributed by atoms with Crippen LogP contribution in [-0.4, -0.2) is 40.9 Å². The highest BCUT2D eigenvalue weighted by Gasteiger charge is 2.19. The molecule has 20 heavy (non-hydrogen) atoms. The van der Waals surface area contributed by atoms with Crippen molar-refractivity contribution in [2.24, 2.45) is 0 Å². The number of aliphatic hydroxyl groups is 1. The van der Waals surface area contributed by atoms with E-state index in [-0.39, 0.29) is 24.5 Å². The van der Waals surface area contributed by atoms with Gasteiger partial charge in [-0.3, -0.25) is 9.59 Å². The van der Waals surface area contributed by atoms with Gasteiger partial charge in [0.25, 0.3) is 5.56 Å². The van der Waals surface area contributed by atoms with Crippen LogP contribution in [0.2, 0.25) is 0 Å². The Bertz CT molecular complexity index is 527. The number of aromatic amines is 1. The number of unbranched alkanes of at least 4 members (excludes halogenated alkanes) is 1. The van der Waals surface area contributed by atoms with Gasteiger partial charge in [-0.05, 0) is 25.7 Å². The van der Waals surface area contributed by atoms with Crippen LogP contribution < -0.4 is 16.2 Å². The topological polar surface area (TPSA) is 107 Å². The molecule has 0 aromatic carbocycles. The van der Waals surface area contributed by atoms with Crippen LogP contribution in [0.25, 0.3) is 0 Å². The van der Waals surface area contributed by atoms with Gasteiger partial charge in [-0.25, -0.2) is 5.10 Å². The molecule has 0 atom stereocenters. The molecule has 0 unspecified atom stereocenters. The molecule has 2 rings (SSSR count). The van der Waals surface area contributed by atoms with Crippen molar-refractivity contribution in [1.82, 2.24) is 15.5 Å². The Labute approximate surface area is 116 Å². The summed E-state index contributed by atoms with van der Waals surface area (Å²) in [6.07, 6.45) is 3.19. The van der Waals surface area contributed by atoms with Crippen LogP contribution in [0, 0.1) is 0 Å². The second-order valence-electron chi connectivity index (χ2n) is 4.84. The monoisotopic (exact) mass is 280 g/mol. The van der Waals surface area contributed by atoms with Gasteiger partial charge in [-0.15, -0.1) is 0 Å². The number of anilines is 1. The molecule has 0 radical (unpaired) electrons. The fourth-order valence-corrected chi connectivity index (χ4v) is 2.26. The number of aromatic nitrogens is 2. The average Bonchev–Trinajstić information content (AvgIpc) is 2.47. The summed E-state index contributed by atoms with van der Waals surface area (Å²) in [7, 11) is 0. The van der Waals surface area contributed by atoms with Gasteiger partial charge in [0.2, 0.25) is 5.91 Å². The van der Waals surface area contributed by atoms with Gasteiger partial charge < -0.3 is 15.7 Å². The molecule has 110 valence electrons. The number of amides is 1. The van der Waals surface area contributed by atoms with E-state index in [1.807, 2.05) is 0 Å². The van der Waals surface area contributed by atoms with Crippen molar-refractivity contribution in [3.05, 3.63) is 21.6 Å². The summed E-state index contributed by atoms with van der Waals surface area (Å²) in [5.41, 5.74) is 1.80. The summed E-state index contributed by atoms with van der Waals surface area (Å²) in [6.45, 7) is 1.47. The molecule has 0 fully saturated rings. The SMILES string of the molecule is O=C(Cc1n[nH]c(=O)c2c1NCCC2)NCCCCO. The first-order valence-corrected chi connectivity index (χ1v) is 6.94. The zero-order chi connectivity index (χ0) is 14.4. The minimum absolute atomic E-state index is 0.128. The maximum absolute atomic E-state index is 11.8. The molecule has 7 heteroatoms. The number of carbonyl (C=O) groups excluding carboxylic acids is 1. The summed E-state index contributed by atoms with van der Waals surface area (Å²) in [5.74, 6) is -0.128. The summed E-state index contributed by atoms with van der Waals surface area (Å²) >= 11 is 0. The van der Waals surface area contributed by atoms with E-state index >= 15 is 0 Å². The fraction of sp³-hybridized carbons (Fsp3) is 0.615. The van der Waals surface area contributed by atoms with Crippen molar-refractivity contribution < 1.29 is 9.90 Å². The van der Waals surface area contributed by atoms with E-state index in [0.717, 1.165) is 19.4 Å². The highest BCUT2D eigenvalue weighted by Crippen LogP contribution is 2.21. The number of H-pyrrole nitrogens is 1. The van der Waals surface area contributed by atoms with Gasteiger partial charge in [0.1, 0.15) is 0 Å². The number of hydrogen-bond acceptors (Lipinski definition) is 5. The third kappa shape index (κ3) is 3.57. The Morgan fingerprint density at radius 3 is 3.05 bits per heavy atom. The molecule has 1 aromatic heterocycles. The molecule has 0 bridgehead atoms. The summed E-state index contributed by atoms with van der Waals surface area (Å²) in [6, 6.07) is 0. The molecule has 1 aliphatic heterocycles. The molecular weight excluding hydrogens is 260 g/mol. The third-order valence-electron chi connectivity index (χ3n) is 3.30. The predicted molar refractivity (Wildman–Crippen MR) is 74.7 cm³/mol. The first-order valence-electron chi connectivity index (χ1n) is 6.94. The molecule has 0 aliphatic carbocycles. The van der Waals surface area contributed by atoms with Gasteiger partial charge in [0, 0.05) is 25.3 Å². The molecule has 0 saturated heterocycles. The van der Waals surface area contributed by atoms with E-state index in [2.05, 4.69) is 20.8 Å². The Morgan fingerprint density at radius 1 is 1.40 bits per heavy atom. The predicted octanol–water partition coefficient (Wildman–Crippen LogP) is -0.441. The van der Waals surface area contributed by atoms with Gasteiger partial charge in [0.05, 0.1) is 17.8 Å². The second kappa shape index (κ2) is 7.04. The molecular formula is C13H20N4O3. The average molecular weight is 280 g/mol. The van der Waals surface area contributed by atoms with Crippen molar-refractivity contribution in [1.29, 1.82) is 0 Å². The number of nitrogens with zero attached hydrogens (tertiary/aromatic N) is 1. The van der Waals surface area contributed by atoms with Crippen LogP contribution in [0.4, 0.5) is 5.69 Å². The lowest BCUT2D eigenvalue weighted by Crippen LogP contribution is -2.30. The number of carbonyl (C=O) groups is 1. The number of aliphatic hydroxyl groups excluding tert-OH is 1. The Morgan fingerprint density at radius 2 is 2.25 bits per heavy atom. The molecule has 1 aromatic rings. The lowest BCUT2D eigenvalue weighted by atomic mass is 10.0. The first kappa shape index (κ1) is 14.5. The largest absolute Gasteiger partial charge is 0.396 e. The molecule has 7 nitrogen and oxygen atoms in total. The van der Waals surface area contributed by atoms with Gasteiger partial charge in [0.15, 0.2) is 0 Å². The summed E-state index contributed by atoms with van der Waals surface area (Å²) in [4.78, 5) is 23.5. The van der Waals surface area contributed by atoms with Crippen molar-refractivity contribution >= 4 is 11.6 Å². The molecule has 0 saturated carbocycles. The summed E-state index contributed by atoms with van der Waals surface area (Å²) < 4.78 is 0. The number of rotatable bonds is 6. The van der Waals surface area contributed by atoms with Crippen LogP contribution in [0.5, 0.6) is 0 Å². The summed E-state index contributed by atoms with van der Waals surface area (Å²) in [5, 5.41) is 21.0. The minimum Gasteiger partial charge on any atom is -0.396 e. The minimum atomic E-state index is -0.181. The zero-order valence-electron chi connectivity index (χ0n) is 11.4. The highest BCUT2D eigenvalue weighted by atomic mass is 16.3. The number of hydrogen-bond donors (Lipinski definition) is 4. The van der Waals surface area contributed by atoms with Crippen LogP contribution >= 0.6 is 0 Å². The standard InChI is InChI=1S/C13H20N4O3/c18-7-2-1-5-14-11(19)8-10-12-9(4-3-6-15-12)13(20)17-16-10/h15,18H,1-8H2,(H,14,19)(H,17,20). The van der Waals surface area contributed by atoms with Crippen molar-refractivity contribution in [2.45, 2.75) is 32.1 Å². The number of nitrogens with one attached hydrogen (secondary N) is 3. The molecule has 4 N–H and O–H groups in total. The van der Waals surface area contributed by atoms with Crippen molar-refractivity contribution in [3.63, 3.8) is 0 Å². The van der Waals surface area contributed by atoms with E-state index in [1.54, 1.807) is 0 Å². The molecule has 1 aliphatic rings. The van der Waals surface area contributed by atoms with E-state index in [0.29, 0.717) is 36.3 Å². The van der Waals surface area contributed by atoms with Gasteiger partial charge >= 0.3 is 0 Å². The van der Waals surface area contributed by atoms with E-state index in [9.17, 15) is 9.59 Å². The lowest BCUT2D eigenvalue weighted by Gasteiger charge is -2.19. The maximum Gasteiger partial charge on any atom is 0.269 e. The van der Waals surface area contributed by atoms with Gasteiger partial charge in [-0.1, -0.05) is 0 Å². The quantitative estimate of drug-likeness (QED) is 0.528. The third-order valence-corrected chi connectivity index (χ3v) is 3.30. The second-order valence-corrected chi connectivity index (χ2v) is 4.84. The van der Waals surface area contributed by atoms with Crippen LogP contribution in [-0.2, 0) is 17.6 Å². The Kier molecular flexibility index (Phi) is 5.11. The molecule has 1 amide bonds. The van der Waals surface area contributed by atoms with E-state index < -0.39 is 0 Å². The highest BCUT2D eigenvalue weighted by molar-refractivity contribution is 5.80. The van der Waals surface area contributed by atoms with Gasteiger partial charge in [-0.2, -0.15) is 5.10 Å². The van der Waals surface area contributed by atoms with Crippen LogP contribution in [0.3, 0.4) is 0 Å². The normalized spacial score (nSPS) is 13.4. The molecule has 0 spiro atoms. The maximum atomic E-state index is 11.8. The Balaban J connectivity index is 1.99. The first-order chi connectivity index (χ1) is 9.72. The van der Waals surface area contributed by atoms with Crippen molar-refractivity contribution in [3.8, 4) is 0 Å². The smallest absolute Gasteiger partial charge is 0.269 e. The van der Waals surface area contributed by atoms with Crippen LogP contribution in [0.1, 0.15) is 30.5 Å². The fourth-order valence-electron chi connectivity index (χ4n) is 2.26.